The third kappa shape index (κ3) is 2.67. The van der Waals surface area contributed by atoms with Gasteiger partial charge in [-0.1, -0.05) is 0 Å². The van der Waals surface area contributed by atoms with Gasteiger partial charge in [0.05, 0.1) is 15.2 Å². The van der Waals surface area contributed by atoms with Crippen LogP contribution in [0.15, 0.2) is 15.9 Å². The number of aryl methyl sites for hydroxylation is 1. The van der Waals surface area contributed by atoms with Crippen LogP contribution in [0.2, 0.25) is 0 Å². The van der Waals surface area contributed by atoms with Crippen LogP contribution in [-0.4, -0.2) is 21.1 Å². The van der Waals surface area contributed by atoms with Gasteiger partial charge in [0, 0.05) is 0 Å². The zero-order valence-electron chi connectivity index (χ0n) is 8.45. The smallest absolute Gasteiger partial charge is 0.261 e. The number of nitrogens with zero attached hydrogens (tertiary/aromatic N) is 2. The van der Waals surface area contributed by atoms with E-state index in [-0.39, 0.29) is 5.91 Å². The summed E-state index contributed by atoms with van der Waals surface area (Å²) >= 11 is 4.70. The molecule has 84 valence electrons. The molecule has 0 saturated heterocycles. The summed E-state index contributed by atoms with van der Waals surface area (Å²) in [5.74, 6) is 1.21. The minimum absolute atomic E-state index is 0.113. The maximum atomic E-state index is 11.7. The average molecular weight is 301 g/mol. The molecule has 0 aliphatic heterocycles. The van der Waals surface area contributed by atoms with E-state index in [0.717, 1.165) is 9.61 Å². The standard InChI is InChI=1S/C9H9BrN4OS/c1-5-12-8(14-13-5)4-11-9(15)6-2-3-7(10)16-6/h2-3H,4H2,1H3,(H,11,15)(H,12,13,14). The summed E-state index contributed by atoms with van der Waals surface area (Å²) in [6, 6.07) is 3.61. The van der Waals surface area contributed by atoms with Gasteiger partial charge in [-0.2, -0.15) is 5.10 Å². The molecule has 0 spiro atoms. The van der Waals surface area contributed by atoms with Crippen molar-refractivity contribution in [2.24, 2.45) is 0 Å². The van der Waals surface area contributed by atoms with Gasteiger partial charge in [-0.25, -0.2) is 4.98 Å². The van der Waals surface area contributed by atoms with Crippen molar-refractivity contribution in [3.05, 3.63) is 32.4 Å². The number of nitrogens with one attached hydrogen (secondary N) is 2. The van der Waals surface area contributed by atoms with Crippen molar-refractivity contribution in [3.63, 3.8) is 0 Å². The summed E-state index contributed by atoms with van der Waals surface area (Å²) in [5, 5.41) is 9.40. The Morgan fingerprint density at radius 1 is 1.62 bits per heavy atom. The lowest BCUT2D eigenvalue weighted by Crippen LogP contribution is -2.22. The third-order valence-electron chi connectivity index (χ3n) is 1.85. The van der Waals surface area contributed by atoms with E-state index in [2.05, 4.69) is 36.4 Å². The second kappa shape index (κ2) is 4.75. The van der Waals surface area contributed by atoms with Crippen molar-refractivity contribution in [3.8, 4) is 0 Å². The molecular formula is C9H9BrN4OS. The predicted octanol–water partition coefficient (Wildman–Crippen LogP) is 1.87. The van der Waals surface area contributed by atoms with E-state index in [4.69, 9.17) is 0 Å². The maximum absolute atomic E-state index is 11.7. The first-order valence-corrected chi connectivity index (χ1v) is 6.17. The number of carbonyl (C=O) groups is 1. The fraction of sp³-hybridized carbons (Fsp3) is 0.222. The summed E-state index contributed by atoms with van der Waals surface area (Å²) < 4.78 is 0.936. The monoisotopic (exact) mass is 300 g/mol. The number of rotatable bonds is 3. The Bertz CT molecular complexity index is 507. The fourth-order valence-electron chi connectivity index (χ4n) is 1.15. The molecule has 0 aliphatic rings. The zero-order chi connectivity index (χ0) is 11.5. The Morgan fingerprint density at radius 2 is 2.44 bits per heavy atom. The lowest BCUT2D eigenvalue weighted by Gasteiger charge is -1.98. The summed E-state index contributed by atoms with van der Waals surface area (Å²) in [6.45, 7) is 2.15. The van der Waals surface area contributed by atoms with Crippen LogP contribution in [0, 0.1) is 6.92 Å². The van der Waals surface area contributed by atoms with E-state index >= 15 is 0 Å². The van der Waals surface area contributed by atoms with E-state index < -0.39 is 0 Å². The number of aromatic nitrogens is 3. The second-order valence-corrected chi connectivity index (χ2v) is 5.59. The van der Waals surface area contributed by atoms with Gasteiger partial charge in [0.15, 0.2) is 5.82 Å². The molecule has 0 bridgehead atoms. The molecule has 0 atom stereocenters. The Morgan fingerprint density at radius 3 is 3.00 bits per heavy atom. The second-order valence-electron chi connectivity index (χ2n) is 3.12. The van der Waals surface area contributed by atoms with E-state index in [1.54, 1.807) is 6.07 Å². The summed E-state index contributed by atoms with van der Waals surface area (Å²) in [7, 11) is 0. The number of thiophene rings is 1. The Kier molecular flexibility index (Phi) is 3.35. The highest BCUT2D eigenvalue weighted by Gasteiger charge is 2.09. The Hall–Kier alpha value is -1.21. The molecule has 16 heavy (non-hydrogen) atoms. The average Bonchev–Trinajstić information content (AvgIpc) is 2.84. The first kappa shape index (κ1) is 11.3. The highest BCUT2D eigenvalue weighted by Crippen LogP contribution is 2.21. The molecule has 2 heterocycles. The Labute approximate surface area is 104 Å². The molecule has 1 amide bonds. The number of hydrogen-bond donors (Lipinski definition) is 2. The minimum Gasteiger partial charge on any atom is -0.344 e. The minimum atomic E-state index is -0.113. The van der Waals surface area contributed by atoms with Crippen LogP contribution in [0.3, 0.4) is 0 Å². The summed E-state index contributed by atoms with van der Waals surface area (Å²) in [5.41, 5.74) is 0. The molecular weight excluding hydrogens is 292 g/mol. The van der Waals surface area contributed by atoms with E-state index in [1.165, 1.54) is 11.3 Å². The van der Waals surface area contributed by atoms with Gasteiger partial charge in [-0.3, -0.25) is 9.89 Å². The Balaban J connectivity index is 1.93. The van der Waals surface area contributed by atoms with Crippen LogP contribution >= 0.6 is 27.3 Å². The first-order chi connectivity index (χ1) is 7.65. The van der Waals surface area contributed by atoms with Crippen molar-refractivity contribution in [1.82, 2.24) is 20.5 Å². The highest BCUT2D eigenvalue weighted by molar-refractivity contribution is 9.11. The number of halogens is 1. The van der Waals surface area contributed by atoms with E-state index in [9.17, 15) is 4.79 Å². The van der Waals surface area contributed by atoms with Crippen molar-refractivity contribution >= 4 is 33.2 Å². The van der Waals surface area contributed by atoms with Crippen molar-refractivity contribution in [1.29, 1.82) is 0 Å². The first-order valence-electron chi connectivity index (χ1n) is 4.56. The van der Waals surface area contributed by atoms with Gasteiger partial charge >= 0.3 is 0 Å². The number of amides is 1. The van der Waals surface area contributed by atoms with E-state index in [0.29, 0.717) is 17.2 Å². The van der Waals surface area contributed by atoms with Gasteiger partial charge in [0.2, 0.25) is 0 Å². The molecule has 0 aliphatic carbocycles. The van der Waals surface area contributed by atoms with Crippen LogP contribution in [-0.2, 0) is 6.54 Å². The molecule has 2 rings (SSSR count). The van der Waals surface area contributed by atoms with Crippen LogP contribution in [0.4, 0.5) is 0 Å². The lowest BCUT2D eigenvalue weighted by atomic mass is 10.4. The zero-order valence-corrected chi connectivity index (χ0v) is 10.9. The van der Waals surface area contributed by atoms with Gasteiger partial charge in [-0.15, -0.1) is 11.3 Å². The van der Waals surface area contributed by atoms with Crippen molar-refractivity contribution in [2.45, 2.75) is 13.5 Å². The van der Waals surface area contributed by atoms with Gasteiger partial charge in [0.25, 0.3) is 5.91 Å². The molecule has 2 aromatic rings. The van der Waals surface area contributed by atoms with Gasteiger partial charge in [-0.05, 0) is 35.0 Å². The van der Waals surface area contributed by atoms with Crippen molar-refractivity contribution in [2.75, 3.05) is 0 Å². The van der Waals surface area contributed by atoms with Crippen LogP contribution in [0.25, 0.3) is 0 Å². The quantitative estimate of drug-likeness (QED) is 0.909. The molecule has 0 radical (unpaired) electrons. The maximum Gasteiger partial charge on any atom is 0.261 e. The van der Waals surface area contributed by atoms with Gasteiger partial charge in [0.1, 0.15) is 5.82 Å². The molecule has 7 heteroatoms. The summed E-state index contributed by atoms with van der Waals surface area (Å²) in [6.07, 6.45) is 0. The van der Waals surface area contributed by atoms with Crippen molar-refractivity contribution < 1.29 is 4.79 Å². The van der Waals surface area contributed by atoms with Crippen LogP contribution in [0.5, 0.6) is 0 Å². The molecule has 0 fully saturated rings. The fourth-order valence-corrected chi connectivity index (χ4v) is 2.45. The number of hydrogen-bond acceptors (Lipinski definition) is 4. The normalized spacial score (nSPS) is 10.4. The largest absolute Gasteiger partial charge is 0.344 e. The van der Waals surface area contributed by atoms with Crippen LogP contribution < -0.4 is 5.32 Å². The molecule has 0 saturated carbocycles. The number of aromatic amines is 1. The number of carbonyl (C=O) groups excluding carboxylic acids is 1. The SMILES string of the molecule is Cc1nc(CNC(=O)c2ccc(Br)s2)n[nH]1. The molecule has 0 unspecified atom stereocenters. The molecule has 2 aromatic heterocycles. The topological polar surface area (TPSA) is 70.7 Å². The van der Waals surface area contributed by atoms with E-state index in [1.807, 2.05) is 13.0 Å². The predicted molar refractivity (Wildman–Crippen MR) is 64.3 cm³/mol. The lowest BCUT2D eigenvalue weighted by molar-refractivity contribution is 0.0954. The molecule has 0 aromatic carbocycles. The van der Waals surface area contributed by atoms with Crippen LogP contribution in [0.1, 0.15) is 21.3 Å². The number of H-pyrrole nitrogens is 1. The third-order valence-corrected chi connectivity index (χ3v) is 3.47. The molecule has 5 nitrogen and oxygen atoms in total. The summed E-state index contributed by atoms with van der Waals surface area (Å²) in [4.78, 5) is 16.4. The highest BCUT2D eigenvalue weighted by atomic mass is 79.9. The van der Waals surface area contributed by atoms with Gasteiger partial charge < -0.3 is 5.32 Å². The molecule has 2 N–H and O–H groups in total.